The average Bonchev–Trinajstić information content (AvgIpc) is 0.791. The molecule has 2 N–H and O–H groups in total. The number of carbonyl (C=O) groups excluding carboxylic acids is 2. The van der Waals surface area contributed by atoms with E-state index in [-0.39, 0.29) is 82.7 Å². The van der Waals surface area contributed by atoms with Gasteiger partial charge in [-0.05, 0) is 123 Å². The van der Waals surface area contributed by atoms with Gasteiger partial charge >= 0.3 is 0 Å². The molecular formula is C70H59F4N7O14. The molecule has 2 aliphatic rings. The van der Waals surface area contributed by atoms with Crippen LogP contribution in [0.4, 0.5) is 28.9 Å². The third kappa shape index (κ3) is 14.5. The van der Waals surface area contributed by atoms with Crippen molar-refractivity contribution in [3.63, 3.8) is 0 Å². The minimum absolute atomic E-state index is 0.0357. The van der Waals surface area contributed by atoms with Crippen LogP contribution >= 0.6 is 0 Å². The number of hydrogen-bond donors (Lipinski definition) is 2. The van der Waals surface area contributed by atoms with Crippen molar-refractivity contribution in [3.8, 4) is 86.4 Å². The van der Waals surface area contributed by atoms with E-state index in [1.165, 1.54) is 119 Å². The summed E-state index contributed by atoms with van der Waals surface area (Å²) in [5.41, 5.74) is -0.244. The van der Waals surface area contributed by atoms with Gasteiger partial charge in [-0.15, -0.1) is 0 Å². The number of amides is 2. The molecule has 0 aliphatic carbocycles. The topological polar surface area (TPSA) is 244 Å². The zero-order valence-electron chi connectivity index (χ0n) is 51.5. The van der Waals surface area contributed by atoms with Gasteiger partial charge in [0.25, 0.3) is 22.9 Å². The van der Waals surface area contributed by atoms with E-state index in [2.05, 4.69) is 26.7 Å². The summed E-state index contributed by atoms with van der Waals surface area (Å²) < 4.78 is 119. The van der Waals surface area contributed by atoms with Crippen LogP contribution in [0.3, 0.4) is 0 Å². The predicted molar refractivity (Wildman–Crippen MR) is 341 cm³/mol. The maximum Gasteiger partial charge on any atom is 0.271 e. The van der Waals surface area contributed by atoms with Crippen molar-refractivity contribution < 1.29 is 74.5 Å². The Morgan fingerprint density at radius 3 is 1.38 bits per heavy atom. The lowest BCUT2D eigenvalue weighted by Crippen LogP contribution is -2.29. The van der Waals surface area contributed by atoms with Crippen LogP contribution in [0.5, 0.6) is 69.0 Å². The molecule has 0 spiro atoms. The lowest BCUT2D eigenvalue weighted by atomic mass is 10.1. The van der Waals surface area contributed by atoms with Crippen molar-refractivity contribution >= 4 is 45.0 Å². The largest absolute Gasteiger partial charge is 0.493 e. The van der Waals surface area contributed by atoms with Crippen molar-refractivity contribution in [2.45, 2.75) is 40.5 Å². The molecule has 2 amide bonds. The first kappa shape index (κ1) is 64.7. The fraction of sp³-hybridized carbons (Fsp3) is 0.214. The summed E-state index contributed by atoms with van der Waals surface area (Å²) in [6.07, 6.45) is 6.75. The Bertz CT molecular complexity index is 4700. The first-order valence-corrected chi connectivity index (χ1v) is 30.0. The van der Waals surface area contributed by atoms with Gasteiger partial charge in [-0.25, -0.2) is 17.6 Å². The number of fused-ring (bicyclic) bond motifs is 6. The number of anilines is 2. The summed E-state index contributed by atoms with van der Waals surface area (Å²) in [5, 5.41) is 14.9. The highest BCUT2D eigenvalue weighted by atomic mass is 19.1. The molecule has 0 unspecified atom stereocenters. The van der Waals surface area contributed by atoms with Crippen LogP contribution in [0.25, 0.3) is 33.2 Å². The molecule has 21 nitrogen and oxygen atoms in total. The van der Waals surface area contributed by atoms with E-state index < -0.39 is 46.2 Å². The van der Waals surface area contributed by atoms with Gasteiger partial charge in [-0.2, -0.15) is 5.26 Å². The first-order valence-electron chi connectivity index (χ1n) is 30.0. The normalized spacial score (nSPS) is 12.0. The molecule has 4 aromatic heterocycles. The van der Waals surface area contributed by atoms with Gasteiger partial charge in [-0.1, -0.05) is 13.8 Å². The number of carbonyl (C=O) groups is 2. The number of halogens is 4. The molecule has 0 radical (unpaired) electrons. The highest BCUT2D eigenvalue weighted by molar-refractivity contribution is 6.07. The van der Waals surface area contributed by atoms with Crippen LogP contribution in [0.15, 0.2) is 156 Å². The second-order valence-electron chi connectivity index (χ2n) is 21.4. The number of nitriles is 1. The zero-order valence-corrected chi connectivity index (χ0v) is 51.5. The molecule has 0 atom stereocenters. The maximum atomic E-state index is 15.5. The Labute approximate surface area is 539 Å². The number of ether oxygens (including phenoxy) is 10. The zero-order chi connectivity index (χ0) is 66.7. The standard InChI is InChI=1S/C35H28F2N4O7.C35H31F2N3O7/c1-2-44-27-12-15-41(23-8-5-21(36)6-9-23)35(43)31(27)34(42)40-22-7-10-26(24(37)19-22)48-28-11-14-39-25-20-29(45-16-4-3-13-38)32-33(30(25)28)47-18-17-46-32;1-4-43-27-12-14-40(23-8-5-21(36)6-9-23)35(42)31(27)34(41)39-22-7-10-26(24(37)17-22)47-28-11-13-38-25-18-29(46-19-20(2)3)32-33(30(25)28)45-16-15-44-32/h5-12,14-15,19-20H,2-4,16-18H2,1H3,(H,40,42);5-14,17-18,20H,4,15-16,19H2,1-3H3,(H,39,41). The second kappa shape index (κ2) is 29.2. The van der Waals surface area contributed by atoms with E-state index in [0.29, 0.717) is 114 Å². The molecule has 12 rings (SSSR count). The van der Waals surface area contributed by atoms with Gasteiger partial charge in [-0.3, -0.25) is 38.3 Å². The van der Waals surface area contributed by atoms with Crippen molar-refractivity contribution in [1.82, 2.24) is 19.1 Å². The molecule has 10 aromatic rings. The van der Waals surface area contributed by atoms with Gasteiger partial charge in [0.2, 0.25) is 11.5 Å². The molecular weight excluding hydrogens is 1240 g/mol. The number of nitrogens with zero attached hydrogens (tertiary/aromatic N) is 5. The van der Waals surface area contributed by atoms with E-state index in [4.69, 9.17) is 52.6 Å². The molecule has 25 heteroatoms. The highest BCUT2D eigenvalue weighted by Gasteiger charge is 2.29. The van der Waals surface area contributed by atoms with Crippen molar-refractivity contribution in [2.75, 3.05) is 63.5 Å². The monoisotopic (exact) mass is 1300 g/mol. The minimum Gasteiger partial charge on any atom is -0.493 e. The van der Waals surface area contributed by atoms with Gasteiger partial charge < -0.3 is 58.0 Å². The van der Waals surface area contributed by atoms with E-state index >= 15 is 8.78 Å². The summed E-state index contributed by atoms with van der Waals surface area (Å²) in [6, 6.07) is 29.6. The van der Waals surface area contributed by atoms with Crippen molar-refractivity contribution in [1.29, 1.82) is 5.26 Å². The molecule has 6 aromatic carbocycles. The van der Waals surface area contributed by atoms with Gasteiger partial charge in [0, 0.05) is 78.2 Å². The molecule has 0 bridgehead atoms. The van der Waals surface area contributed by atoms with E-state index in [1.54, 1.807) is 38.1 Å². The van der Waals surface area contributed by atoms with E-state index in [0.717, 1.165) is 12.1 Å². The molecule has 95 heavy (non-hydrogen) atoms. The molecule has 0 fully saturated rings. The van der Waals surface area contributed by atoms with Crippen LogP contribution in [-0.2, 0) is 0 Å². The summed E-state index contributed by atoms with van der Waals surface area (Å²) in [6.45, 7) is 9.80. The van der Waals surface area contributed by atoms with Crippen molar-refractivity contribution in [3.05, 3.63) is 201 Å². The van der Waals surface area contributed by atoms with Crippen LogP contribution in [-0.4, -0.2) is 83.8 Å². The van der Waals surface area contributed by atoms with Crippen LogP contribution in [0.2, 0.25) is 0 Å². The fourth-order valence-electron chi connectivity index (χ4n) is 10.1. The lowest BCUT2D eigenvalue weighted by molar-refractivity contribution is 0.101. The van der Waals surface area contributed by atoms with E-state index in [9.17, 15) is 28.0 Å². The van der Waals surface area contributed by atoms with Gasteiger partial charge in [0.1, 0.15) is 72.2 Å². The minimum atomic E-state index is -0.831. The number of unbranched alkanes of at least 4 members (excludes halogenated alkanes) is 1. The number of hydrogen-bond acceptors (Lipinski definition) is 17. The molecule has 0 saturated carbocycles. The molecule has 0 saturated heterocycles. The quantitative estimate of drug-likeness (QED) is 0.0501. The number of nitrogens with one attached hydrogen (secondary N) is 2. The highest BCUT2D eigenvalue weighted by Crippen LogP contribution is 2.50. The summed E-state index contributed by atoms with van der Waals surface area (Å²) in [5.74, 6) is -1.20. The predicted octanol–water partition coefficient (Wildman–Crippen LogP) is 13.5. The summed E-state index contributed by atoms with van der Waals surface area (Å²) in [4.78, 5) is 62.4. The maximum absolute atomic E-state index is 15.5. The van der Waals surface area contributed by atoms with Gasteiger partial charge in [0.15, 0.2) is 46.1 Å². The third-order valence-corrected chi connectivity index (χ3v) is 14.3. The Balaban J connectivity index is 0.000000193. The Morgan fingerprint density at radius 1 is 0.537 bits per heavy atom. The number of aromatic nitrogens is 4. The first-order chi connectivity index (χ1) is 46.1. The number of rotatable bonds is 21. The SMILES string of the molecule is CCOc1ccn(-c2ccc(F)cc2)c(=O)c1C(=O)Nc1ccc(Oc2ccnc3cc(OCC(C)C)c4c(c23)OCCO4)c(F)c1.CCOc1ccn(-c2ccc(F)cc2)c(=O)c1C(=O)Nc1ccc(Oc2ccnc3cc(OCCCC#N)c4c(c23)OCCO4)c(F)c1. The fourth-order valence-corrected chi connectivity index (χ4v) is 10.1. The Kier molecular flexibility index (Phi) is 19.9. The summed E-state index contributed by atoms with van der Waals surface area (Å²) >= 11 is 0. The number of pyridine rings is 4. The van der Waals surface area contributed by atoms with Gasteiger partial charge in [0.05, 0.1) is 54.3 Å². The lowest BCUT2D eigenvalue weighted by Gasteiger charge is -2.24. The Morgan fingerprint density at radius 2 is 0.968 bits per heavy atom. The van der Waals surface area contributed by atoms with Crippen LogP contribution in [0, 0.1) is 40.5 Å². The van der Waals surface area contributed by atoms with Crippen LogP contribution in [0.1, 0.15) is 61.3 Å². The molecule has 2 aliphatic heterocycles. The molecule has 6 heterocycles. The third-order valence-electron chi connectivity index (χ3n) is 14.3. The molecule has 486 valence electrons. The second-order valence-corrected chi connectivity index (χ2v) is 21.4. The summed E-state index contributed by atoms with van der Waals surface area (Å²) in [7, 11) is 0. The van der Waals surface area contributed by atoms with Crippen LogP contribution < -0.4 is 69.1 Å². The Hall–Kier alpha value is -11.8. The smallest absolute Gasteiger partial charge is 0.271 e. The average molecular weight is 1300 g/mol. The van der Waals surface area contributed by atoms with E-state index in [1.807, 2.05) is 13.8 Å². The van der Waals surface area contributed by atoms with Crippen molar-refractivity contribution in [2.24, 2.45) is 5.92 Å². The number of benzene rings is 6.